The first-order valence-corrected chi connectivity index (χ1v) is 25.3. The molecule has 0 aliphatic carbocycles. The fourth-order valence-corrected chi connectivity index (χ4v) is 11.0. The molecule has 0 amide bonds. The third kappa shape index (κ3) is 8.52. The number of benzene rings is 12. The van der Waals surface area contributed by atoms with E-state index in [0.29, 0.717) is 11.4 Å². The molecule has 2 nitrogen and oxygen atoms in total. The second kappa shape index (κ2) is 18.6. The molecule has 0 aliphatic heterocycles. The van der Waals surface area contributed by atoms with Gasteiger partial charge in [-0.15, -0.1) is 0 Å². The van der Waals surface area contributed by atoms with E-state index < -0.39 is 0 Å². The van der Waals surface area contributed by atoms with Crippen LogP contribution in [-0.4, -0.2) is 0 Å². The fourth-order valence-electron chi connectivity index (χ4n) is 11.0. The van der Waals surface area contributed by atoms with Gasteiger partial charge in [0.1, 0.15) is 11.6 Å². The zero-order valence-corrected chi connectivity index (χ0v) is 42.4. The number of rotatable bonds is 10. The van der Waals surface area contributed by atoms with Crippen molar-refractivity contribution >= 4 is 66.4 Å². The van der Waals surface area contributed by atoms with E-state index >= 15 is 8.78 Å². The van der Waals surface area contributed by atoms with Crippen LogP contribution >= 0.6 is 0 Å². The fraction of sp³-hybridized carbons (Fsp3) is 0.0857. The molecule has 0 atom stereocenters. The van der Waals surface area contributed by atoms with E-state index in [9.17, 15) is 0 Å². The lowest BCUT2D eigenvalue weighted by Crippen LogP contribution is -2.14. The Morgan fingerprint density at radius 1 is 0.257 bits per heavy atom. The van der Waals surface area contributed by atoms with Gasteiger partial charge in [-0.25, -0.2) is 8.78 Å². The Bertz CT molecular complexity index is 3750. The largest absolute Gasteiger partial charge is 0.307 e. The molecule has 0 N–H and O–H groups in total. The Morgan fingerprint density at radius 3 is 0.892 bits per heavy atom. The van der Waals surface area contributed by atoms with E-state index in [4.69, 9.17) is 0 Å². The number of halogens is 2. The zero-order chi connectivity index (χ0) is 50.8. The highest BCUT2D eigenvalue weighted by atomic mass is 19.1. The first kappa shape index (κ1) is 46.2. The standard InChI is InChI=1S/C70H54F2N2/c1-43-11-7-15-51(31-43)55-37-56(52-16-8-12-44(2)32-52)40-59(39-55)73(67-35-47(5)19-27-63(67)71)65-29-23-49-22-26-62-66(30-24-50-21-25-61(65)69(49)70(50)62)74(68-36-48(6)20-28-64(68)72)60-41-57(53-17-9-13-45(3)33-53)38-58(42-60)54-18-10-14-46(4)34-54/h7-42H,1-6H3. The van der Waals surface area contributed by atoms with E-state index in [2.05, 4.69) is 219 Å². The number of anilines is 6. The molecule has 0 spiro atoms. The average Bonchev–Trinajstić information content (AvgIpc) is 3.40. The second-order valence-electron chi connectivity index (χ2n) is 20.2. The van der Waals surface area contributed by atoms with Crippen molar-refractivity contribution < 1.29 is 8.78 Å². The van der Waals surface area contributed by atoms with E-state index in [1.807, 2.05) is 38.1 Å². The topological polar surface area (TPSA) is 6.48 Å². The van der Waals surface area contributed by atoms with Gasteiger partial charge in [-0.2, -0.15) is 0 Å². The number of hydrogen-bond donors (Lipinski definition) is 0. The number of hydrogen-bond acceptors (Lipinski definition) is 2. The Morgan fingerprint density at radius 2 is 0.568 bits per heavy atom. The molecule has 0 aliphatic rings. The van der Waals surface area contributed by atoms with Crippen molar-refractivity contribution in [1.29, 1.82) is 0 Å². The smallest absolute Gasteiger partial charge is 0.147 e. The van der Waals surface area contributed by atoms with Gasteiger partial charge in [0.15, 0.2) is 0 Å². The van der Waals surface area contributed by atoms with Crippen LogP contribution in [0.25, 0.3) is 76.8 Å². The summed E-state index contributed by atoms with van der Waals surface area (Å²) in [6, 6.07) is 75.5. The third-order valence-corrected chi connectivity index (χ3v) is 14.5. The van der Waals surface area contributed by atoms with Gasteiger partial charge in [0.2, 0.25) is 0 Å². The summed E-state index contributed by atoms with van der Waals surface area (Å²) in [5.74, 6) is -0.647. The van der Waals surface area contributed by atoms with Gasteiger partial charge >= 0.3 is 0 Å². The van der Waals surface area contributed by atoms with Crippen molar-refractivity contribution in [1.82, 2.24) is 0 Å². The molecule has 12 aromatic rings. The molecule has 74 heavy (non-hydrogen) atoms. The molecule has 0 heterocycles. The quantitative estimate of drug-likeness (QED) is 0.126. The van der Waals surface area contributed by atoms with Crippen LogP contribution in [0.15, 0.2) is 218 Å². The molecule has 0 saturated carbocycles. The van der Waals surface area contributed by atoms with Gasteiger partial charge in [-0.3, -0.25) is 0 Å². The van der Waals surface area contributed by atoms with Crippen LogP contribution in [0, 0.1) is 53.2 Å². The highest BCUT2D eigenvalue weighted by Crippen LogP contribution is 2.50. The van der Waals surface area contributed by atoms with Gasteiger partial charge in [-0.1, -0.05) is 168 Å². The third-order valence-electron chi connectivity index (χ3n) is 14.5. The molecule has 0 saturated heterocycles. The minimum Gasteiger partial charge on any atom is -0.307 e. The second-order valence-corrected chi connectivity index (χ2v) is 20.2. The highest BCUT2D eigenvalue weighted by molar-refractivity contribution is 6.28. The first-order chi connectivity index (χ1) is 35.9. The molecule has 0 unspecified atom stereocenters. The van der Waals surface area contributed by atoms with Gasteiger partial charge in [0.05, 0.1) is 22.7 Å². The molecule has 0 bridgehead atoms. The first-order valence-electron chi connectivity index (χ1n) is 25.3. The Hall–Kier alpha value is -8.86. The van der Waals surface area contributed by atoms with Crippen molar-refractivity contribution in [2.75, 3.05) is 9.80 Å². The number of aryl methyl sites for hydroxylation is 6. The van der Waals surface area contributed by atoms with E-state index in [-0.39, 0.29) is 11.6 Å². The Labute approximate surface area is 432 Å². The molecular weight excluding hydrogens is 907 g/mol. The van der Waals surface area contributed by atoms with Crippen LogP contribution < -0.4 is 9.80 Å². The zero-order valence-electron chi connectivity index (χ0n) is 42.4. The lowest BCUT2D eigenvalue weighted by Gasteiger charge is -2.30. The normalized spacial score (nSPS) is 11.5. The molecule has 0 radical (unpaired) electrons. The van der Waals surface area contributed by atoms with E-state index in [0.717, 1.165) is 133 Å². The SMILES string of the molecule is Cc1cccc(-c2cc(-c3cccc(C)c3)cc(N(c3cc(C)ccc3F)c3ccc4ccc5c(N(c6cc(-c7cccc(C)c7)cc(-c7cccc(C)c7)c6)c6cc(C)ccc6F)ccc6ccc3c4c65)c2)c1. The van der Waals surface area contributed by atoms with Crippen molar-refractivity contribution in [3.63, 3.8) is 0 Å². The molecule has 12 aromatic carbocycles. The van der Waals surface area contributed by atoms with Crippen LogP contribution in [0.4, 0.5) is 42.9 Å². The van der Waals surface area contributed by atoms with Crippen LogP contribution in [0.2, 0.25) is 0 Å². The molecule has 12 rings (SSSR count). The van der Waals surface area contributed by atoms with Crippen LogP contribution in [0.3, 0.4) is 0 Å². The summed E-state index contributed by atoms with van der Waals surface area (Å²) in [5, 5.41) is 6.12. The average molecular weight is 961 g/mol. The van der Waals surface area contributed by atoms with Crippen molar-refractivity contribution in [2.45, 2.75) is 41.5 Å². The maximum absolute atomic E-state index is 16.9. The predicted molar refractivity (Wildman–Crippen MR) is 310 cm³/mol. The van der Waals surface area contributed by atoms with Crippen molar-refractivity contribution in [3.8, 4) is 44.5 Å². The molecule has 358 valence electrons. The Kier molecular flexibility index (Phi) is 11.6. The Balaban J connectivity index is 1.13. The minimum atomic E-state index is -0.324. The molecule has 0 aromatic heterocycles. The van der Waals surface area contributed by atoms with Gasteiger partial charge in [0, 0.05) is 22.1 Å². The van der Waals surface area contributed by atoms with Crippen LogP contribution in [0.5, 0.6) is 0 Å². The predicted octanol–water partition coefficient (Wildman–Crippen LogP) is 20.3. The summed E-state index contributed by atoms with van der Waals surface area (Å²) in [6.45, 7) is 12.5. The van der Waals surface area contributed by atoms with E-state index in [1.165, 1.54) is 0 Å². The van der Waals surface area contributed by atoms with Crippen LogP contribution in [0.1, 0.15) is 33.4 Å². The van der Waals surface area contributed by atoms with Crippen molar-refractivity contribution in [3.05, 3.63) is 263 Å². The monoisotopic (exact) mass is 960 g/mol. The summed E-state index contributed by atoms with van der Waals surface area (Å²) in [4.78, 5) is 4.21. The summed E-state index contributed by atoms with van der Waals surface area (Å²) in [5.41, 5.74) is 19.2. The summed E-state index contributed by atoms with van der Waals surface area (Å²) in [7, 11) is 0. The van der Waals surface area contributed by atoms with Crippen LogP contribution in [-0.2, 0) is 0 Å². The lowest BCUT2D eigenvalue weighted by molar-refractivity contribution is 0.628. The molecule has 0 fully saturated rings. The highest BCUT2D eigenvalue weighted by Gasteiger charge is 2.26. The van der Waals surface area contributed by atoms with Crippen molar-refractivity contribution in [2.24, 2.45) is 0 Å². The maximum atomic E-state index is 16.9. The minimum absolute atomic E-state index is 0.324. The van der Waals surface area contributed by atoms with Gasteiger partial charge < -0.3 is 9.80 Å². The molecular formula is C70H54F2N2. The van der Waals surface area contributed by atoms with Gasteiger partial charge in [0.25, 0.3) is 0 Å². The summed E-state index contributed by atoms with van der Waals surface area (Å²) < 4.78 is 33.8. The van der Waals surface area contributed by atoms with E-state index in [1.54, 1.807) is 12.1 Å². The lowest BCUT2D eigenvalue weighted by atomic mass is 9.91. The summed E-state index contributed by atoms with van der Waals surface area (Å²) in [6.07, 6.45) is 0. The maximum Gasteiger partial charge on any atom is 0.147 e. The summed E-state index contributed by atoms with van der Waals surface area (Å²) >= 11 is 0. The van der Waals surface area contributed by atoms with Gasteiger partial charge in [-0.05, 0) is 192 Å². The molecule has 4 heteroatoms. The number of nitrogens with zero attached hydrogens (tertiary/aromatic N) is 2.